The fourth-order valence-electron chi connectivity index (χ4n) is 2.26. The van der Waals surface area contributed by atoms with Crippen molar-refractivity contribution in [2.75, 3.05) is 39.1 Å². The summed E-state index contributed by atoms with van der Waals surface area (Å²) in [5.74, 6) is 1.39. The first kappa shape index (κ1) is 14.9. The number of nitrogens with zero attached hydrogens (tertiary/aromatic N) is 1. The van der Waals surface area contributed by atoms with Crippen molar-refractivity contribution in [3.63, 3.8) is 0 Å². The summed E-state index contributed by atoms with van der Waals surface area (Å²) in [6, 6.07) is 5.94. The standard InChI is InChI=1S/C15H24N2O3/c1-11(2)17-6-7-19-13(9-17)10-20-15-8-12(18-3)4-5-14(15)16/h4-5,8,11,13H,6-7,9-10,16H2,1-3H3. The van der Waals surface area contributed by atoms with Crippen LogP contribution in [0, 0.1) is 0 Å². The van der Waals surface area contributed by atoms with Crippen molar-refractivity contribution in [3.05, 3.63) is 18.2 Å². The Balaban J connectivity index is 1.91. The van der Waals surface area contributed by atoms with E-state index in [-0.39, 0.29) is 6.10 Å². The van der Waals surface area contributed by atoms with Gasteiger partial charge in [0.2, 0.25) is 0 Å². The van der Waals surface area contributed by atoms with E-state index in [1.807, 2.05) is 6.07 Å². The average molecular weight is 280 g/mol. The van der Waals surface area contributed by atoms with E-state index in [4.69, 9.17) is 19.9 Å². The van der Waals surface area contributed by atoms with E-state index in [1.54, 1.807) is 19.2 Å². The lowest BCUT2D eigenvalue weighted by atomic mass is 10.2. The Morgan fingerprint density at radius 2 is 2.25 bits per heavy atom. The number of morpholine rings is 1. The van der Waals surface area contributed by atoms with Crippen molar-refractivity contribution in [1.82, 2.24) is 4.90 Å². The van der Waals surface area contributed by atoms with Crippen molar-refractivity contribution >= 4 is 5.69 Å². The molecular weight excluding hydrogens is 256 g/mol. The maximum absolute atomic E-state index is 5.90. The van der Waals surface area contributed by atoms with Gasteiger partial charge in [-0.2, -0.15) is 0 Å². The van der Waals surface area contributed by atoms with Crippen LogP contribution in [0.3, 0.4) is 0 Å². The van der Waals surface area contributed by atoms with Gasteiger partial charge in [-0.05, 0) is 26.0 Å². The Morgan fingerprint density at radius 3 is 2.95 bits per heavy atom. The second-order valence-electron chi connectivity index (χ2n) is 5.30. The number of nitrogen functional groups attached to an aromatic ring is 1. The van der Waals surface area contributed by atoms with Crippen LogP contribution in [0.25, 0.3) is 0 Å². The van der Waals surface area contributed by atoms with Gasteiger partial charge in [-0.15, -0.1) is 0 Å². The Bertz CT molecular complexity index is 437. The Morgan fingerprint density at radius 1 is 1.45 bits per heavy atom. The summed E-state index contributed by atoms with van der Waals surface area (Å²) in [6.45, 7) is 7.52. The quantitative estimate of drug-likeness (QED) is 0.833. The molecule has 1 fully saturated rings. The fourth-order valence-corrected chi connectivity index (χ4v) is 2.26. The Kier molecular flexibility index (Phi) is 5.09. The number of hydrogen-bond acceptors (Lipinski definition) is 5. The second-order valence-corrected chi connectivity index (χ2v) is 5.30. The van der Waals surface area contributed by atoms with Crippen LogP contribution in [0.1, 0.15) is 13.8 Å². The molecule has 1 unspecified atom stereocenters. The van der Waals surface area contributed by atoms with Gasteiger partial charge in [-0.3, -0.25) is 4.90 Å². The minimum absolute atomic E-state index is 0.0803. The number of nitrogens with two attached hydrogens (primary N) is 1. The molecule has 1 aromatic carbocycles. The number of hydrogen-bond donors (Lipinski definition) is 1. The van der Waals surface area contributed by atoms with E-state index in [9.17, 15) is 0 Å². The SMILES string of the molecule is COc1ccc(N)c(OCC2CN(C(C)C)CCO2)c1. The molecule has 5 heteroatoms. The van der Waals surface area contributed by atoms with E-state index in [2.05, 4.69) is 18.7 Å². The molecule has 0 aromatic heterocycles. The van der Waals surface area contributed by atoms with Gasteiger partial charge < -0.3 is 19.9 Å². The molecule has 5 nitrogen and oxygen atoms in total. The van der Waals surface area contributed by atoms with Crippen LogP contribution < -0.4 is 15.2 Å². The summed E-state index contributed by atoms with van der Waals surface area (Å²) in [5.41, 5.74) is 6.52. The highest BCUT2D eigenvalue weighted by Crippen LogP contribution is 2.27. The highest BCUT2D eigenvalue weighted by Gasteiger charge is 2.22. The summed E-state index contributed by atoms with van der Waals surface area (Å²) in [7, 11) is 1.63. The molecule has 1 aliphatic rings. The molecular formula is C15H24N2O3. The summed E-state index contributed by atoms with van der Waals surface area (Å²) in [5, 5.41) is 0. The number of anilines is 1. The minimum atomic E-state index is 0.0803. The molecule has 2 rings (SSSR count). The van der Waals surface area contributed by atoms with Crippen molar-refractivity contribution in [2.24, 2.45) is 0 Å². The molecule has 0 saturated carbocycles. The zero-order chi connectivity index (χ0) is 14.5. The largest absolute Gasteiger partial charge is 0.497 e. The zero-order valence-electron chi connectivity index (χ0n) is 12.5. The first-order valence-corrected chi connectivity index (χ1v) is 7.02. The van der Waals surface area contributed by atoms with Crippen molar-refractivity contribution in [1.29, 1.82) is 0 Å². The third-order valence-electron chi connectivity index (χ3n) is 3.55. The summed E-state index contributed by atoms with van der Waals surface area (Å²) >= 11 is 0. The average Bonchev–Trinajstić information content (AvgIpc) is 2.46. The van der Waals surface area contributed by atoms with Crippen LogP contribution >= 0.6 is 0 Å². The summed E-state index contributed by atoms with van der Waals surface area (Å²) in [6.07, 6.45) is 0.0803. The van der Waals surface area contributed by atoms with Crippen LogP contribution in [0.15, 0.2) is 18.2 Å². The van der Waals surface area contributed by atoms with Gasteiger partial charge in [0.25, 0.3) is 0 Å². The molecule has 20 heavy (non-hydrogen) atoms. The molecule has 1 saturated heterocycles. The maximum atomic E-state index is 5.90. The van der Waals surface area contributed by atoms with Crippen molar-refractivity contribution < 1.29 is 14.2 Å². The van der Waals surface area contributed by atoms with Crippen LogP contribution in [-0.2, 0) is 4.74 Å². The van der Waals surface area contributed by atoms with Gasteiger partial charge in [0, 0.05) is 25.2 Å². The van der Waals surface area contributed by atoms with Crippen LogP contribution in [-0.4, -0.2) is 50.5 Å². The molecule has 1 atom stereocenters. The third-order valence-corrected chi connectivity index (χ3v) is 3.55. The smallest absolute Gasteiger partial charge is 0.146 e. The summed E-state index contributed by atoms with van der Waals surface area (Å²) in [4.78, 5) is 2.40. The van der Waals surface area contributed by atoms with E-state index < -0.39 is 0 Å². The summed E-state index contributed by atoms with van der Waals surface area (Å²) < 4.78 is 16.7. The van der Waals surface area contributed by atoms with Gasteiger partial charge in [0.1, 0.15) is 24.2 Å². The van der Waals surface area contributed by atoms with Crippen molar-refractivity contribution in [3.8, 4) is 11.5 Å². The topological polar surface area (TPSA) is 57.0 Å². The van der Waals surface area contributed by atoms with E-state index in [1.165, 1.54) is 0 Å². The molecule has 1 aliphatic heterocycles. The molecule has 0 radical (unpaired) electrons. The fraction of sp³-hybridized carbons (Fsp3) is 0.600. The van der Waals surface area contributed by atoms with Crippen LogP contribution in [0.4, 0.5) is 5.69 Å². The van der Waals surface area contributed by atoms with Gasteiger partial charge >= 0.3 is 0 Å². The lowest BCUT2D eigenvalue weighted by Gasteiger charge is -2.35. The first-order chi connectivity index (χ1) is 9.60. The minimum Gasteiger partial charge on any atom is -0.497 e. The van der Waals surface area contributed by atoms with Gasteiger partial charge in [0.15, 0.2) is 0 Å². The van der Waals surface area contributed by atoms with Crippen LogP contribution in [0.2, 0.25) is 0 Å². The van der Waals surface area contributed by atoms with E-state index >= 15 is 0 Å². The maximum Gasteiger partial charge on any atom is 0.146 e. The molecule has 0 amide bonds. The lowest BCUT2D eigenvalue weighted by Crippen LogP contribution is -2.47. The van der Waals surface area contributed by atoms with Gasteiger partial charge in [-0.1, -0.05) is 0 Å². The molecule has 0 bridgehead atoms. The molecule has 1 aromatic rings. The lowest BCUT2D eigenvalue weighted by molar-refractivity contribution is -0.0563. The van der Waals surface area contributed by atoms with Crippen molar-refractivity contribution in [2.45, 2.75) is 26.0 Å². The van der Waals surface area contributed by atoms with Gasteiger partial charge in [0.05, 0.1) is 19.4 Å². The van der Waals surface area contributed by atoms with Gasteiger partial charge in [-0.25, -0.2) is 0 Å². The second kappa shape index (κ2) is 6.81. The monoisotopic (exact) mass is 280 g/mol. The highest BCUT2D eigenvalue weighted by molar-refractivity contribution is 5.55. The predicted molar refractivity (Wildman–Crippen MR) is 79.4 cm³/mol. The first-order valence-electron chi connectivity index (χ1n) is 7.02. The molecule has 0 spiro atoms. The molecule has 2 N–H and O–H groups in total. The number of benzene rings is 1. The van der Waals surface area contributed by atoms with E-state index in [0.29, 0.717) is 24.1 Å². The molecule has 1 heterocycles. The Hall–Kier alpha value is -1.46. The molecule has 112 valence electrons. The molecule has 0 aliphatic carbocycles. The number of rotatable bonds is 5. The normalized spacial score (nSPS) is 20.1. The highest BCUT2D eigenvalue weighted by atomic mass is 16.5. The Labute approximate surface area is 120 Å². The van der Waals surface area contributed by atoms with Crippen LogP contribution in [0.5, 0.6) is 11.5 Å². The number of ether oxygens (including phenoxy) is 3. The predicted octanol–water partition coefficient (Wildman–Crippen LogP) is 1.77. The zero-order valence-corrected chi connectivity index (χ0v) is 12.5. The van der Waals surface area contributed by atoms with E-state index in [0.717, 1.165) is 25.4 Å². The number of methoxy groups -OCH3 is 1. The third kappa shape index (κ3) is 3.77.